The highest BCUT2D eigenvalue weighted by atomic mass is 16.3. The molecule has 0 aliphatic carbocycles. The lowest BCUT2D eigenvalue weighted by atomic mass is 10.0. The Hall–Kier alpha value is -4.28. The number of phenolic OH excluding ortho intramolecular Hbond substituents is 1. The number of carbonyl (C=O) groups is 2. The standard InChI is InChI=1S/C27H33N5O6/c1-4-18(20-12-11-15(3)38-20)30-21-22(25(35)24(21)34)31-19-10-6-9-17(23(19)33)26(36)32-13-7-8-16(14-32)29-27(37)28-5-2/h6,9-12,16,18,30-31,33H,4-5,7-8,13-14H2,1-3H3,(H2,28,29,37)/t16?,18-/m1/s1. The van der Waals surface area contributed by atoms with Crippen LogP contribution in [0.3, 0.4) is 0 Å². The number of rotatable bonds is 9. The molecular weight excluding hydrogens is 490 g/mol. The van der Waals surface area contributed by atoms with Gasteiger partial charge in [0.15, 0.2) is 5.75 Å². The summed E-state index contributed by atoms with van der Waals surface area (Å²) >= 11 is 0. The van der Waals surface area contributed by atoms with Crippen molar-refractivity contribution in [3.8, 4) is 5.75 Å². The summed E-state index contributed by atoms with van der Waals surface area (Å²) in [6.45, 7) is 6.86. The van der Waals surface area contributed by atoms with Gasteiger partial charge >= 0.3 is 6.03 Å². The first kappa shape index (κ1) is 26.8. The molecule has 3 aromatic rings. The van der Waals surface area contributed by atoms with Gasteiger partial charge in [-0.25, -0.2) is 4.79 Å². The van der Waals surface area contributed by atoms with Gasteiger partial charge in [0.1, 0.15) is 22.9 Å². The average Bonchev–Trinajstić information content (AvgIpc) is 3.34. The zero-order valence-corrected chi connectivity index (χ0v) is 21.7. The summed E-state index contributed by atoms with van der Waals surface area (Å²) in [5, 5.41) is 22.4. The molecule has 2 aromatic carbocycles. The van der Waals surface area contributed by atoms with Crippen LogP contribution in [0.5, 0.6) is 5.75 Å². The minimum atomic E-state index is -0.718. The smallest absolute Gasteiger partial charge is 0.315 e. The molecule has 11 heteroatoms. The molecule has 5 N–H and O–H groups in total. The van der Waals surface area contributed by atoms with Crippen LogP contribution in [0.4, 0.5) is 21.9 Å². The number of nitrogens with zero attached hydrogens (tertiary/aromatic N) is 1. The SMILES string of the molecule is CCNC(=O)NC1CCCN(C(=O)c2cccc(Nc3c(N[C@H](CC)c4ccc(C)o4)c(=O)c3=O)c2O)C1. The first-order valence-electron chi connectivity index (χ1n) is 12.8. The second kappa shape index (κ2) is 11.4. The third kappa shape index (κ3) is 5.51. The molecule has 0 spiro atoms. The van der Waals surface area contributed by atoms with Gasteiger partial charge in [0.25, 0.3) is 16.8 Å². The van der Waals surface area contributed by atoms with Crippen LogP contribution in [0, 0.1) is 6.92 Å². The van der Waals surface area contributed by atoms with Crippen molar-refractivity contribution >= 4 is 29.0 Å². The molecule has 1 aliphatic rings. The molecule has 1 unspecified atom stereocenters. The number of hydrogen-bond acceptors (Lipinski definition) is 8. The van der Waals surface area contributed by atoms with E-state index in [0.717, 1.165) is 12.2 Å². The van der Waals surface area contributed by atoms with Crippen molar-refractivity contribution in [2.75, 3.05) is 30.3 Å². The van der Waals surface area contributed by atoms with Crippen molar-refractivity contribution in [1.82, 2.24) is 15.5 Å². The van der Waals surface area contributed by atoms with Crippen molar-refractivity contribution < 1.29 is 19.1 Å². The molecule has 1 aromatic heterocycles. The van der Waals surface area contributed by atoms with E-state index in [2.05, 4.69) is 21.3 Å². The number of aromatic hydroxyl groups is 1. The number of carbonyl (C=O) groups excluding carboxylic acids is 2. The third-order valence-electron chi connectivity index (χ3n) is 6.65. The number of aryl methyl sites for hydroxylation is 1. The maximum absolute atomic E-state index is 13.3. The number of para-hydroxylation sites is 1. The highest BCUT2D eigenvalue weighted by Crippen LogP contribution is 2.34. The minimum Gasteiger partial charge on any atom is -0.505 e. The van der Waals surface area contributed by atoms with E-state index >= 15 is 0 Å². The van der Waals surface area contributed by atoms with Crippen LogP contribution < -0.4 is 32.1 Å². The summed E-state index contributed by atoms with van der Waals surface area (Å²) in [5.41, 5.74) is -1.09. The van der Waals surface area contributed by atoms with Crippen molar-refractivity contribution in [2.24, 2.45) is 0 Å². The van der Waals surface area contributed by atoms with E-state index in [1.54, 1.807) is 11.0 Å². The third-order valence-corrected chi connectivity index (χ3v) is 6.65. The molecule has 3 amide bonds. The monoisotopic (exact) mass is 523 g/mol. The molecule has 2 atom stereocenters. The van der Waals surface area contributed by atoms with E-state index in [4.69, 9.17) is 4.42 Å². The molecule has 4 rings (SSSR count). The van der Waals surface area contributed by atoms with Crippen molar-refractivity contribution in [1.29, 1.82) is 0 Å². The quantitative estimate of drug-likeness (QED) is 0.212. The molecular formula is C27H33N5O6. The lowest BCUT2D eigenvalue weighted by Crippen LogP contribution is -2.51. The summed E-state index contributed by atoms with van der Waals surface area (Å²) in [6, 6.07) is 7.43. The molecule has 0 radical (unpaired) electrons. The maximum Gasteiger partial charge on any atom is 0.315 e. The van der Waals surface area contributed by atoms with Gasteiger partial charge < -0.3 is 35.7 Å². The second-order valence-corrected chi connectivity index (χ2v) is 9.38. The fourth-order valence-corrected chi connectivity index (χ4v) is 4.64. The molecule has 1 saturated heterocycles. The number of anilines is 3. The zero-order chi connectivity index (χ0) is 27.4. The molecule has 0 bridgehead atoms. The molecule has 11 nitrogen and oxygen atoms in total. The predicted octanol–water partition coefficient (Wildman–Crippen LogP) is 3.12. The zero-order valence-electron chi connectivity index (χ0n) is 21.7. The Labute approximate surface area is 219 Å². The van der Waals surface area contributed by atoms with Crippen molar-refractivity contribution in [3.63, 3.8) is 0 Å². The number of amides is 3. The van der Waals surface area contributed by atoms with Crippen LogP contribution in [0.1, 0.15) is 61.0 Å². The molecule has 1 aliphatic heterocycles. The number of furan rings is 1. The van der Waals surface area contributed by atoms with Gasteiger partial charge in [0.2, 0.25) is 0 Å². The predicted molar refractivity (Wildman–Crippen MR) is 144 cm³/mol. The van der Waals surface area contributed by atoms with E-state index < -0.39 is 16.8 Å². The van der Waals surface area contributed by atoms with Gasteiger partial charge in [-0.05, 0) is 57.4 Å². The second-order valence-electron chi connectivity index (χ2n) is 9.38. The Morgan fingerprint density at radius 1 is 1.13 bits per heavy atom. The average molecular weight is 524 g/mol. The van der Waals surface area contributed by atoms with Gasteiger partial charge in [-0.2, -0.15) is 0 Å². The van der Waals surface area contributed by atoms with E-state index in [0.29, 0.717) is 38.2 Å². The summed E-state index contributed by atoms with van der Waals surface area (Å²) in [4.78, 5) is 51.5. The molecule has 38 heavy (non-hydrogen) atoms. The van der Waals surface area contributed by atoms with Gasteiger partial charge in [-0.15, -0.1) is 0 Å². The van der Waals surface area contributed by atoms with E-state index in [9.17, 15) is 24.3 Å². The highest BCUT2D eigenvalue weighted by Gasteiger charge is 2.29. The summed E-state index contributed by atoms with van der Waals surface area (Å²) in [5.74, 6) is 0.649. The normalized spacial score (nSPS) is 16.2. The Morgan fingerprint density at radius 3 is 2.58 bits per heavy atom. The fourth-order valence-electron chi connectivity index (χ4n) is 4.64. The van der Waals surface area contributed by atoms with Crippen LogP contribution in [0.15, 0.2) is 44.3 Å². The summed E-state index contributed by atoms with van der Waals surface area (Å²) in [7, 11) is 0. The number of benzene rings is 1. The summed E-state index contributed by atoms with van der Waals surface area (Å²) in [6.07, 6.45) is 2.05. The molecule has 202 valence electrons. The Kier molecular flexibility index (Phi) is 8.04. The van der Waals surface area contributed by atoms with Crippen molar-refractivity contribution in [2.45, 2.75) is 52.1 Å². The van der Waals surface area contributed by atoms with Gasteiger partial charge in [-0.3, -0.25) is 14.4 Å². The Bertz CT molecular complexity index is 1390. The van der Waals surface area contributed by atoms with Gasteiger partial charge in [-0.1, -0.05) is 13.0 Å². The van der Waals surface area contributed by atoms with Crippen LogP contribution in [0.25, 0.3) is 0 Å². The van der Waals surface area contributed by atoms with Gasteiger partial charge in [0.05, 0.1) is 17.3 Å². The first-order chi connectivity index (χ1) is 18.2. The minimum absolute atomic E-state index is 0.0146. The fraction of sp³-hybridized carbons (Fsp3) is 0.407. The largest absolute Gasteiger partial charge is 0.505 e. The number of nitrogens with one attached hydrogen (secondary N) is 4. The van der Waals surface area contributed by atoms with Crippen LogP contribution >= 0.6 is 0 Å². The lowest BCUT2D eigenvalue weighted by Gasteiger charge is -2.33. The topological polar surface area (TPSA) is 153 Å². The maximum atomic E-state index is 13.3. The first-order valence-corrected chi connectivity index (χ1v) is 12.8. The number of phenols is 1. The highest BCUT2D eigenvalue weighted by molar-refractivity contribution is 5.99. The number of likely N-dealkylation sites (tertiary alicyclic amines) is 1. The number of urea groups is 1. The van der Waals surface area contributed by atoms with E-state index in [1.165, 1.54) is 12.1 Å². The number of hydrogen-bond donors (Lipinski definition) is 5. The van der Waals surface area contributed by atoms with Crippen LogP contribution in [-0.4, -0.2) is 47.6 Å². The van der Waals surface area contributed by atoms with Crippen LogP contribution in [-0.2, 0) is 0 Å². The summed E-state index contributed by atoms with van der Waals surface area (Å²) < 4.78 is 5.67. The Morgan fingerprint density at radius 2 is 1.89 bits per heavy atom. The molecule has 0 saturated carbocycles. The molecule has 2 heterocycles. The van der Waals surface area contributed by atoms with E-state index in [1.807, 2.05) is 32.9 Å². The van der Waals surface area contributed by atoms with Gasteiger partial charge in [0, 0.05) is 25.7 Å². The van der Waals surface area contributed by atoms with Crippen LogP contribution in [0.2, 0.25) is 0 Å². The van der Waals surface area contributed by atoms with E-state index in [-0.39, 0.29) is 46.5 Å². The Balaban J connectivity index is 1.50. The molecule has 1 fully saturated rings. The number of piperidine rings is 1. The lowest BCUT2D eigenvalue weighted by molar-refractivity contribution is 0.0694. The van der Waals surface area contributed by atoms with Crippen molar-refractivity contribution in [3.05, 3.63) is 67.9 Å².